The van der Waals surface area contributed by atoms with Gasteiger partial charge in [0.05, 0.1) is 6.61 Å². The van der Waals surface area contributed by atoms with Crippen LogP contribution in [-0.4, -0.2) is 42.9 Å². The fourth-order valence-corrected chi connectivity index (χ4v) is 2.56. The number of hydrogen-bond acceptors (Lipinski definition) is 5. The van der Waals surface area contributed by atoms with Gasteiger partial charge < -0.3 is 20.1 Å². The van der Waals surface area contributed by atoms with E-state index in [4.69, 9.17) is 4.74 Å². The zero-order valence-corrected chi connectivity index (χ0v) is 12.8. The number of nitrogens with zero attached hydrogens (tertiary/aromatic N) is 1. The summed E-state index contributed by atoms with van der Waals surface area (Å²) in [6.45, 7) is 6.54. The van der Waals surface area contributed by atoms with E-state index in [1.54, 1.807) is 12.1 Å². The first kappa shape index (κ1) is 15.6. The molecule has 0 amide bonds. The van der Waals surface area contributed by atoms with Crippen molar-refractivity contribution >= 4 is 11.7 Å². The van der Waals surface area contributed by atoms with E-state index in [9.17, 15) is 9.90 Å². The minimum atomic E-state index is -0.719. The minimum Gasteiger partial charge on any atom is -0.508 e. The second-order valence-corrected chi connectivity index (χ2v) is 5.61. The zero-order chi connectivity index (χ0) is 15.3. The Bertz CT molecular complexity index is 475. The molecule has 21 heavy (non-hydrogen) atoms. The lowest BCUT2D eigenvalue weighted by Gasteiger charge is -2.44. The van der Waals surface area contributed by atoms with Gasteiger partial charge in [-0.2, -0.15) is 0 Å². The number of ether oxygens (including phenoxy) is 1. The molecular formula is C16H24N2O3. The first-order valence-electron chi connectivity index (χ1n) is 7.52. The Morgan fingerprint density at radius 3 is 2.81 bits per heavy atom. The third kappa shape index (κ3) is 3.47. The predicted octanol–water partition coefficient (Wildman–Crippen LogP) is 1.90. The molecule has 1 aliphatic heterocycles. The third-order valence-electron chi connectivity index (χ3n) is 3.91. The van der Waals surface area contributed by atoms with Gasteiger partial charge in [0.15, 0.2) is 0 Å². The zero-order valence-electron chi connectivity index (χ0n) is 12.8. The van der Waals surface area contributed by atoms with Crippen LogP contribution in [0.4, 0.5) is 5.69 Å². The van der Waals surface area contributed by atoms with Gasteiger partial charge in [0.25, 0.3) is 0 Å². The van der Waals surface area contributed by atoms with E-state index in [0.717, 1.165) is 31.6 Å². The summed E-state index contributed by atoms with van der Waals surface area (Å²) in [5.41, 5.74) is 0.201. The smallest absolute Gasteiger partial charge is 0.333 e. The Morgan fingerprint density at radius 1 is 1.43 bits per heavy atom. The summed E-state index contributed by atoms with van der Waals surface area (Å²) in [4.78, 5) is 14.5. The number of benzene rings is 1. The van der Waals surface area contributed by atoms with E-state index in [-0.39, 0.29) is 11.7 Å². The molecule has 1 heterocycles. The van der Waals surface area contributed by atoms with E-state index >= 15 is 0 Å². The van der Waals surface area contributed by atoms with Crippen LogP contribution in [-0.2, 0) is 9.53 Å². The molecular weight excluding hydrogens is 268 g/mol. The van der Waals surface area contributed by atoms with Gasteiger partial charge in [-0.05, 0) is 37.6 Å². The molecule has 116 valence electrons. The van der Waals surface area contributed by atoms with Crippen molar-refractivity contribution in [2.45, 2.75) is 32.2 Å². The molecule has 1 saturated heterocycles. The SMILES string of the molecule is CCCCOC(=O)C1(C)CNCCN1c1ccc(O)cc1. The average molecular weight is 292 g/mol. The topological polar surface area (TPSA) is 61.8 Å². The van der Waals surface area contributed by atoms with Gasteiger partial charge in [-0.1, -0.05) is 13.3 Å². The van der Waals surface area contributed by atoms with Crippen LogP contribution in [0.5, 0.6) is 5.75 Å². The standard InChI is InChI=1S/C16H24N2O3/c1-3-4-11-21-15(20)16(2)12-17-9-10-18(16)13-5-7-14(19)8-6-13/h5-8,17,19H,3-4,9-12H2,1-2H3. The molecule has 1 aliphatic rings. The number of rotatable bonds is 5. The summed E-state index contributed by atoms with van der Waals surface area (Å²) in [5, 5.41) is 12.7. The highest BCUT2D eigenvalue weighted by molar-refractivity contribution is 5.85. The number of phenolic OH excluding ortho intramolecular Hbond substituents is 1. The van der Waals surface area contributed by atoms with Crippen molar-refractivity contribution in [1.29, 1.82) is 0 Å². The fraction of sp³-hybridized carbons (Fsp3) is 0.562. The maximum Gasteiger partial charge on any atom is 0.333 e. The van der Waals surface area contributed by atoms with Crippen LogP contribution in [0.25, 0.3) is 0 Å². The van der Waals surface area contributed by atoms with Crippen molar-refractivity contribution in [2.75, 3.05) is 31.1 Å². The average Bonchev–Trinajstić information content (AvgIpc) is 2.49. The number of nitrogens with one attached hydrogen (secondary N) is 1. The summed E-state index contributed by atoms with van der Waals surface area (Å²) < 4.78 is 5.43. The highest BCUT2D eigenvalue weighted by atomic mass is 16.5. The van der Waals surface area contributed by atoms with Crippen molar-refractivity contribution in [3.63, 3.8) is 0 Å². The molecule has 0 saturated carbocycles. The van der Waals surface area contributed by atoms with Crippen molar-refractivity contribution in [3.05, 3.63) is 24.3 Å². The van der Waals surface area contributed by atoms with E-state index < -0.39 is 5.54 Å². The summed E-state index contributed by atoms with van der Waals surface area (Å²) >= 11 is 0. The first-order chi connectivity index (χ1) is 10.1. The number of hydrogen-bond donors (Lipinski definition) is 2. The number of carbonyl (C=O) groups is 1. The Balaban J connectivity index is 2.17. The van der Waals surface area contributed by atoms with Gasteiger partial charge in [0.2, 0.25) is 0 Å². The lowest BCUT2D eigenvalue weighted by Crippen LogP contribution is -2.64. The maximum absolute atomic E-state index is 12.5. The highest BCUT2D eigenvalue weighted by Gasteiger charge is 2.42. The Labute approximate surface area is 125 Å². The van der Waals surface area contributed by atoms with Crippen LogP contribution in [0.15, 0.2) is 24.3 Å². The van der Waals surface area contributed by atoms with Gasteiger partial charge in [-0.25, -0.2) is 4.79 Å². The summed E-state index contributed by atoms with van der Waals surface area (Å²) in [6.07, 6.45) is 1.89. The molecule has 0 aliphatic carbocycles. The molecule has 1 aromatic carbocycles. The maximum atomic E-state index is 12.5. The van der Waals surface area contributed by atoms with E-state index in [2.05, 4.69) is 17.1 Å². The fourth-order valence-electron chi connectivity index (χ4n) is 2.56. The number of unbranched alkanes of at least 4 members (excludes halogenated alkanes) is 1. The van der Waals surface area contributed by atoms with Gasteiger partial charge in [-0.15, -0.1) is 0 Å². The second-order valence-electron chi connectivity index (χ2n) is 5.61. The van der Waals surface area contributed by atoms with E-state index in [1.807, 2.05) is 19.1 Å². The number of esters is 1. The molecule has 2 rings (SSSR count). The van der Waals surface area contributed by atoms with Gasteiger partial charge in [0.1, 0.15) is 11.3 Å². The number of phenols is 1. The summed E-state index contributed by atoms with van der Waals surface area (Å²) in [7, 11) is 0. The van der Waals surface area contributed by atoms with E-state index in [1.165, 1.54) is 0 Å². The molecule has 0 spiro atoms. The second kappa shape index (κ2) is 6.80. The largest absolute Gasteiger partial charge is 0.508 e. The lowest BCUT2D eigenvalue weighted by molar-refractivity contribution is -0.150. The molecule has 0 radical (unpaired) electrons. The van der Waals surface area contributed by atoms with Crippen LogP contribution < -0.4 is 10.2 Å². The third-order valence-corrected chi connectivity index (χ3v) is 3.91. The molecule has 0 bridgehead atoms. The Hall–Kier alpha value is -1.75. The molecule has 5 nitrogen and oxygen atoms in total. The van der Waals surface area contributed by atoms with Gasteiger partial charge >= 0.3 is 5.97 Å². The highest BCUT2D eigenvalue weighted by Crippen LogP contribution is 2.28. The van der Waals surface area contributed by atoms with Crippen LogP contribution in [0.2, 0.25) is 0 Å². The van der Waals surface area contributed by atoms with Crippen LogP contribution in [0.1, 0.15) is 26.7 Å². The van der Waals surface area contributed by atoms with E-state index in [0.29, 0.717) is 13.2 Å². The Kier molecular flexibility index (Phi) is 5.07. The number of aromatic hydroxyl groups is 1. The minimum absolute atomic E-state index is 0.198. The lowest BCUT2D eigenvalue weighted by atomic mass is 9.96. The molecule has 1 atom stereocenters. The van der Waals surface area contributed by atoms with Gasteiger partial charge in [0, 0.05) is 25.3 Å². The number of anilines is 1. The van der Waals surface area contributed by atoms with Crippen molar-refractivity contribution in [2.24, 2.45) is 0 Å². The summed E-state index contributed by atoms with van der Waals surface area (Å²) in [5.74, 6) is 0.0253. The first-order valence-corrected chi connectivity index (χ1v) is 7.52. The Morgan fingerprint density at radius 2 is 2.14 bits per heavy atom. The van der Waals surface area contributed by atoms with Crippen LogP contribution in [0, 0.1) is 0 Å². The molecule has 0 aromatic heterocycles. The molecule has 5 heteroatoms. The van der Waals surface area contributed by atoms with Crippen molar-refractivity contribution in [3.8, 4) is 5.75 Å². The number of carbonyl (C=O) groups excluding carboxylic acids is 1. The quantitative estimate of drug-likeness (QED) is 0.641. The van der Waals surface area contributed by atoms with Gasteiger partial charge in [-0.3, -0.25) is 0 Å². The molecule has 1 aromatic rings. The molecule has 2 N–H and O–H groups in total. The predicted molar refractivity (Wildman–Crippen MR) is 82.6 cm³/mol. The monoisotopic (exact) mass is 292 g/mol. The number of piperazine rings is 1. The molecule has 1 unspecified atom stereocenters. The normalized spacial score (nSPS) is 22.1. The van der Waals surface area contributed by atoms with Crippen molar-refractivity contribution in [1.82, 2.24) is 5.32 Å². The van der Waals surface area contributed by atoms with Crippen molar-refractivity contribution < 1.29 is 14.6 Å². The van der Waals surface area contributed by atoms with Crippen LogP contribution in [0.3, 0.4) is 0 Å². The molecule has 1 fully saturated rings. The summed E-state index contributed by atoms with van der Waals surface area (Å²) in [6, 6.07) is 6.94. The van der Waals surface area contributed by atoms with Crippen LogP contribution >= 0.6 is 0 Å².